The summed E-state index contributed by atoms with van der Waals surface area (Å²) in [6.07, 6.45) is 0. The molecule has 0 aromatic carbocycles. The van der Waals surface area contributed by atoms with Crippen molar-refractivity contribution in [3.63, 3.8) is 0 Å². The standard InChI is InChI=1S/C5H5N5O4/c6-4-2(9(11)12)1-3(10(13)14)5(7)8-4/h1H,(H4,6,7,8). The Morgan fingerprint density at radius 2 is 1.43 bits per heavy atom. The molecule has 1 rings (SSSR count). The minimum absolute atomic E-state index is 0.446. The Balaban J connectivity index is 3.42. The molecular formula is C5H5N5O4. The molecule has 0 bridgehead atoms. The number of rotatable bonds is 2. The van der Waals surface area contributed by atoms with Crippen LogP contribution in [0, 0.1) is 20.2 Å². The lowest BCUT2D eigenvalue weighted by molar-refractivity contribution is -0.393. The number of aromatic nitrogens is 1. The van der Waals surface area contributed by atoms with Gasteiger partial charge in [0.2, 0.25) is 11.6 Å². The summed E-state index contributed by atoms with van der Waals surface area (Å²) >= 11 is 0. The summed E-state index contributed by atoms with van der Waals surface area (Å²) in [7, 11) is 0. The van der Waals surface area contributed by atoms with E-state index in [0.29, 0.717) is 6.07 Å². The first-order valence-corrected chi connectivity index (χ1v) is 3.28. The van der Waals surface area contributed by atoms with Gasteiger partial charge in [-0.1, -0.05) is 0 Å². The summed E-state index contributed by atoms with van der Waals surface area (Å²) in [6, 6.07) is 0.678. The first-order valence-electron chi connectivity index (χ1n) is 3.28. The average Bonchev–Trinajstić information content (AvgIpc) is 2.02. The van der Waals surface area contributed by atoms with Crippen LogP contribution in [0.3, 0.4) is 0 Å². The Labute approximate surface area is 76.6 Å². The lowest BCUT2D eigenvalue weighted by Gasteiger charge is -1.98. The zero-order chi connectivity index (χ0) is 10.9. The highest BCUT2D eigenvalue weighted by Gasteiger charge is 2.22. The van der Waals surface area contributed by atoms with Crippen LogP contribution in [0.25, 0.3) is 0 Å². The van der Waals surface area contributed by atoms with Crippen LogP contribution in [-0.2, 0) is 0 Å². The van der Waals surface area contributed by atoms with Gasteiger partial charge in [-0.3, -0.25) is 20.2 Å². The van der Waals surface area contributed by atoms with Gasteiger partial charge in [0.25, 0.3) is 0 Å². The molecule has 0 aliphatic carbocycles. The van der Waals surface area contributed by atoms with E-state index in [-0.39, 0.29) is 0 Å². The molecule has 0 aliphatic heterocycles. The number of nitrogens with zero attached hydrogens (tertiary/aromatic N) is 3. The minimum atomic E-state index is -0.866. The lowest BCUT2D eigenvalue weighted by atomic mass is 10.3. The predicted octanol–water partition coefficient (Wildman–Crippen LogP) is 0.0624. The molecule has 9 nitrogen and oxygen atoms in total. The molecule has 1 aromatic heterocycles. The summed E-state index contributed by atoms with van der Waals surface area (Å²) < 4.78 is 0. The third-order valence-electron chi connectivity index (χ3n) is 1.43. The topological polar surface area (TPSA) is 151 Å². The Morgan fingerprint density at radius 1 is 1.07 bits per heavy atom. The smallest absolute Gasteiger partial charge is 0.318 e. The number of pyridine rings is 1. The molecule has 0 saturated heterocycles. The van der Waals surface area contributed by atoms with E-state index in [4.69, 9.17) is 11.5 Å². The van der Waals surface area contributed by atoms with Crippen LogP contribution in [-0.4, -0.2) is 14.8 Å². The zero-order valence-corrected chi connectivity index (χ0v) is 6.71. The van der Waals surface area contributed by atoms with E-state index in [1.807, 2.05) is 0 Å². The normalized spacial score (nSPS) is 9.71. The van der Waals surface area contributed by atoms with Crippen molar-refractivity contribution < 1.29 is 9.85 Å². The van der Waals surface area contributed by atoms with Crippen LogP contribution in [0.4, 0.5) is 23.0 Å². The first kappa shape index (κ1) is 9.64. The van der Waals surface area contributed by atoms with E-state index in [1.54, 1.807) is 0 Å². The Morgan fingerprint density at radius 3 is 1.71 bits per heavy atom. The summed E-state index contributed by atoms with van der Waals surface area (Å²) in [6.45, 7) is 0. The molecule has 4 N–H and O–H groups in total. The third-order valence-corrected chi connectivity index (χ3v) is 1.43. The molecule has 1 aromatic rings. The van der Waals surface area contributed by atoms with Crippen LogP contribution in [0.15, 0.2) is 6.07 Å². The molecule has 0 spiro atoms. The molecule has 0 unspecified atom stereocenters. The molecule has 14 heavy (non-hydrogen) atoms. The largest absolute Gasteiger partial charge is 0.378 e. The number of hydrogen-bond acceptors (Lipinski definition) is 7. The molecule has 0 amide bonds. The fraction of sp³-hybridized carbons (Fsp3) is 0. The third kappa shape index (κ3) is 1.50. The van der Waals surface area contributed by atoms with Crippen molar-refractivity contribution in [3.05, 3.63) is 26.3 Å². The van der Waals surface area contributed by atoms with Crippen molar-refractivity contribution in [2.75, 3.05) is 11.5 Å². The number of anilines is 2. The van der Waals surface area contributed by atoms with Crippen LogP contribution in [0.2, 0.25) is 0 Å². The molecule has 74 valence electrons. The van der Waals surface area contributed by atoms with Gasteiger partial charge in [-0.05, 0) is 0 Å². The van der Waals surface area contributed by atoms with Crippen molar-refractivity contribution in [3.8, 4) is 0 Å². The maximum Gasteiger partial charge on any atom is 0.318 e. The highest BCUT2D eigenvalue weighted by Crippen LogP contribution is 2.28. The van der Waals surface area contributed by atoms with E-state index >= 15 is 0 Å². The highest BCUT2D eigenvalue weighted by atomic mass is 16.6. The molecular weight excluding hydrogens is 194 g/mol. The van der Waals surface area contributed by atoms with Gasteiger partial charge < -0.3 is 11.5 Å². The summed E-state index contributed by atoms with van der Waals surface area (Å²) in [5, 5.41) is 20.7. The Hall–Kier alpha value is -2.45. The fourth-order valence-electron chi connectivity index (χ4n) is 0.814. The van der Waals surface area contributed by atoms with Crippen molar-refractivity contribution in [2.24, 2.45) is 0 Å². The van der Waals surface area contributed by atoms with E-state index in [2.05, 4.69) is 4.98 Å². The van der Waals surface area contributed by atoms with Crippen molar-refractivity contribution >= 4 is 23.0 Å². The average molecular weight is 199 g/mol. The van der Waals surface area contributed by atoms with Crippen LogP contribution < -0.4 is 11.5 Å². The van der Waals surface area contributed by atoms with Gasteiger partial charge in [-0.15, -0.1) is 0 Å². The number of hydrogen-bond donors (Lipinski definition) is 2. The van der Waals surface area contributed by atoms with Crippen LogP contribution >= 0.6 is 0 Å². The number of nitro groups is 2. The van der Waals surface area contributed by atoms with Crippen LogP contribution in [0.1, 0.15) is 0 Å². The zero-order valence-electron chi connectivity index (χ0n) is 6.71. The fourth-order valence-corrected chi connectivity index (χ4v) is 0.814. The summed E-state index contributed by atoms with van der Waals surface area (Å²) in [4.78, 5) is 22.2. The monoisotopic (exact) mass is 199 g/mol. The molecule has 0 saturated carbocycles. The number of nitrogens with two attached hydrogens (primary N) is 2. The highest BCUT2D eigenvalue weighted by molar-refractivity contribution is 5.66. The summed E-state index contributed by atoms with van der Waals surface area (Å²) in [5.74, 6) is -0.892. The first-order chi connectivity index (χ1) is 6.43. The van der Waals surface area contributed by atoms with E-state index in [1.165, 1.54) is 0 Å². The molecule has 1 heterocycles. The minimum Gasteiger partial charge on any atom is -0.378 e. The number of nitrogen functional groups attached to an aromatic ring is 2. The van der Waals surface area contributed by atoms with Gasteiger partial charge in [0.15, 0.2) is 0 Å². The maximum absolute atomic E-state index is 10.3. The molecule has 0 aliphatic rings. The van der Waals surface area contributed by atoms with Gasteiger partial charge >= 0.3 is 11.4 Å². The molecule has 0 radical (unpaired) electrons. The van der Waals surface area contributed by atoms with Gasteiger partial charge in [-0.2, -0.15) is 0 Å². The van der Waals surface area contributed by atoms with Gasteiger partial charge in [0, 0.05) is 0 Å². The Bertz CT molecular complexity index is 382. The van der Waals surface area contributed by atoms with Crippen LogP contribution in [0.5, 0.6) is 0 Å². The lowest BCUT2D eigenvalue weighted by Crippen LogP contribution is -2.04. The quantitative estimate of drug-likeness (QED) is 0.504. The SMILES string of the molecule is Nc1nc(N)c([N+](=O)[O-])cc1[N+](=O)[O-]. The van der Waals surface area contributed by atoms with E-state index < -0.39 is 32.9 Å². The van der Waals surface area contributed by atoms with Crippen molar-refractivity contribution in [2.45, 2.75) is 0 Å². The van der Waals surface area contributed by atoms with E-state index in [9.17, 15) is 20.2 Å². The molecule has 0 fully saturated rings. The van der Waals surface area contributed by atoms with Gasteiger partial charge in [-0.25, -0.2) is 4.98 Å². The van der Waals surface area contributed by atoms with Crippen molar-refractivity contribution in [1.29, 1.82) is 0 Å². The van der Waals surface area contributed by atoms with Gasteiger partial charge in [0.1, 0.15) is 6.07 Å². The maximum atomic E-state index is 10.3. The van der Waals surface area contributed by atoms with Gasteiger partial charge in [0.05, 0.1) is 9.85 Å². The predicted molar refractivity (Wildman–Crippen MR) is 46.4 cm³/mol. The second kappa shape index (κ2) is 3.12. The van der Waals surface area contributed by atoms with Crippen molar-refractivity contribution in [1.82, 2.24) is 4.98 Å². The second-order valence-electron chi connectivity index (χ2n) is 2.31. The molecule has 9 heteroatoms. The van der Waals surface area contributed by atoms with E-state index in [0.717, 1.165) is 0 Å². The summed E-state index contributed by atoms with van der Waals surface area (Å²) in [5.41, 5.74) is 9.01. The molecule has 0 atom stereocenters. The Kier molecular flexibility index (Phi) is 2.15. The second-order valence-corrected chi connectivity index (χ2v) is 2.31.